The van der Waals surface area contributed by atoms with Crippen molar-refractivity contribution in [3.05, 3.63) is 24.3 Å². The van der Waals surface area contributed by atoms with E-state index in [1.54, 1.807) is 0 Å². The maximum absolute atomic E-state index is 5.74. The second-order valence-corrected chi connectivity index (χ2v) is 4.27. The Balaban J connectivity index is 0.00000108. The number of aromatic nitrogens is 1. The van der Waals surface area contributed by atoms with Crippen LogP contribution in [-0.4, -0.2) is 30.7 Å². The number of oxazole rings is 1. The smallest absolute Gasteiger partial charge is 0.298 e. The summed E-state index contributed by atoms with van der Waals surface area (Å²) in [7, 11) is 0. The second-order valence-electron chi connectivity index (χ2n) is 4.27. The number of nitrogens with zero attached hydrogens (tertiary/aromatic N) is 2. The molecule has 0 aliphatic carbocycles. The van der Waals surface area contributed by atoms with Crippen LogP contribution >= 0.6 is 12.4 Å². The fourth-order valence-corrected chi connectivity index (χ4v) is 2.10. The molecule has 1 saturated heterocycles. The van der Waals surface area contributed by atoms with Gasteiger partial charge in [0.25, 0.3) is 6.01 Å². The fraction of sp³-hybridized carbons (Fsp3) is 0.417. The lowest BCUT2D eigenvalue weighted by Crippen LogP contribution is -2.49. The molecule has 1 unspecified atom stereocenters. The van der Waals surface area contributed by atoms with Crippen LogP contribution in [0.1, 0.15) is 6.92 Å². The Hall–Kier alpha value is -1.26. The molecule has 5 heteroatoms. The molecule has 1 aliphatic heterocycles. The van der Waals surface area contributed by atoms with Crippen LogP contribution in [0.2, 0.25) is 0 Å². The number of para-hydroxylation sites is 2. The molecule has 17 heavy (non-hydrogen) atoms. The molecule has 0 amide bonds. The van der Waals surface area contributed by atoms with Crippen molar-refractivity contribution in [3.8, 4) is 0 Å². The highest BCUT2D eigenvalue weighted by atomic mass is 35.5. The molecule has 1 fully saturated rings. The summed E-state index contributed by atoms with van der Waals surface area (Å²) in [6, 6.07) is 9.12. The lowest BCUT2D eigenvalue weighted by molar-refractivity contribution is 0.453. The van der Waals surface area contributed by atoms with Gasteiger partial charge in [-0.05, 0) is 19.1 Å². The van der Waals surface area contributed by atoms with E-state index < -0.39 is 0 Å². The number of anilines is 1. The molecule has 0 spiro atoms. The molecule has 0 saturated carbocycles. The third-order valence-corrected chi connectivity index (χ3v) is 2.92. The van der Waals surface area contributed by atoms with Crippen LogP contribution in [-0.2, 0) is 0 Å². The van der Waals surface area contributed by atoms with Crippen molar-refractivity contribution in [1.82, 2.24) is 10.3 Å². The molecule has 0 radical (unpaired) electrons. The predicted molar refractivity (Wildman–Crippen MR) is 70.9 cm³/mol. The minimum atomic E-state index is 0. The number of fused-ring (bicyclic) bond motifs is 1. The Morgan fingerprint density at radius 3 is 3.00 bits per heavy atom. The average molecular weight is 254 g/mol. The Bertz CT molecular complexity index is 466. The zero-order chi connectivity index (χ0) is 11.0. The van der Waals surface area contributed by atoms with Gasteiger partial charge in [0.1, 0.15) is 5.52 Å². The number of piperazine rings is 1. The molecule has 1 aromatic carbocycles. The van der Waals surface area contributed by atoms with Gasteiger partial charge in [-0.25, -0.2) is 0 Å². The Kier molecular flexibility index (Phi) is 3.54. The fourth-order valence-electron chi connectivity index (χ4n) is 2.10. The van der Waals surface area contributed by atoms with E-state index in [1.165, 1.54) is 0 Å². The first-order valence-electron chi connectivity index (χ1n) is 5.67. The first-order valence-corrected chi connectivity index (χ1v) is 5.67. The lowest BCUT2D eigenvalue weighted by Gasteiger charge is -2.30. The van der Waals surface area contributed by atoms with Gasteiger partial charge in [-0.3, -0.25) is 0 Å². The summed E-state index contributed by atoms with van der Waals surface area (Å²) in [6.45, 7) is 5.07. The third kappa shape index (κ3) is 2.37. The summed E-state index contributed by atoms with van der Waals surface area (Å²) < 4.78 is 5.74. The summed E-state index contributed by atoms with van der Waals surface area (Å²) in [4.78, 5) is 6.70. The van der Waals surface area contributed by atoms with Gasteiger partial charge in [0.15, 0.2) is 5.58 Å². The first-order chi connectivity index (χ1) is 7.83. The van der Waals surface area contributed by atoms with Crippen molar-refractivity contribution in [2.75, 3.05) is 24.5 Å². The van der Waals surface area contributed by atoms with Crippen molar-refractivity contribution in [2.24, 2.45) is 0 Å². The van der Waals surface area contributed by atoms with Crippen LogP contribution < -0.4 is 10.2 Å². The standard InChI is InChI=1S/C12H15N3O.ClH/c1-9-8-15(7-6-13-9)12-14-10-4-2-3-5-11(10)16-12;/h2-5,9,13H,6-8H2,1H3;1H. The van der Waals surface area contributed by atoms with E-state index in [0.717, 1.165) is 36.7 Å². The lowest BCUT2D eigenvalue weighted by atomic mass is 10.2. The van der Waals surface area contributed by atoms with Gasteiger partial charge in [0, 0.05) is 25.7 Å². The van der Waals surface area contributed by atoms with Gasteiger partial charge < -0.3 is 14.6 Å². The van der Waals surface area contributed by atoms with Crippen molar-refractivity contribution in [1.29, 1.82) is 0 Å². The summed E-state index contributed by atoms with van der Waals surface area (Å²) in [5, 5.41) is 3.40. The molecular formula is C12H16ClN3O. The predicted octanol–water partition coefficient (Wildman–Crippen LogP) is 2.05. The van der Waals surface area contributed by atoms with Crippen LogP contribution in [0.5, 0.6) is 0 Å². The van der Waals surface area contributed by atoms with E-state index in [0.29, 0.717) is 6.04 Å². The van der Waals surface area contributed by atoms with Crippen molar-refractivity contribution in [2.45, 2.75) is 13.0 Å². The van der Waals surface area contributed by atoms with E-state index in [4.69, 9.17) is 4.42 Å². The molecule has 2 aromatic rings. The van der Waals surface area contributed by atoms with Crippen LogP contribution in [0.4, 0.5) is 6.01 Å². The third-order valence-electron chi connectivity index (χ3n) is 2.92. The van der Waals surface area contributed by atoms with Crippen LogP contribution in [0.3, 0.4) is 0 Å². The summed E-state index contributed by atoms with van der Waals surface area (Å²) in [5.74, 6) is 0. The molecule has 2 heterocycles. The second kappa shape index (κ2) is 4.94. The molecule has 0 bridgehead atoms. The minimum Gasteiger partial charge on any atom is -0.423 e. The van der Waals surface area contributed by atoms with Crippen molar-refractivity contribution >= 4 is 29.5 Å². The number of hydrogen-bond acceptors (Lipinski definition) is 4. The quantitative estimate of drug-likeness (QED) is 0.845. The Morgan fingerprint density at radius 1 is 1.41 bits per heavy atom. The molecule has 92 valence electrons. The zero-order valence-electron chi connectivity index (χ0n) is 9.72. The van der Waals surface area contributed by atoms with Gasteiger partial charge >= 0.3 is 0 Å². The highest BCUT2D eigenvalue weighted by molar-refractivity contribution is 5.85. The molecule has 4 nitrogen and oxygen atoms in total. The number of nitrogens with one attached hydrogen (secondary N) is 1. The van der Waals surface area contributed by atoms with Crippen molar-refractivity contribution < 1.29 is 4.42 Å². The van der Waals surface area contributed by atoms with E-state index >= 15 is 0 Å². The van der Waals surface area contributed by atoms with Gasteiger partial charge in [-0.2, -0.15) is 4.98 Å². The number of hydrogen-bond donors (Lipinski definition) is 1. The molecule has 3 rings (SSSR count). The van der Waals surface area contributed by atoms with Crippen LogP contribution in [0.15, 0.2) is 28.7 Å². The Labute approximate surface area is 106 Å². The molecule has 1 N–H and O–H groups in total. The summed E-state index contributed by atoms with van der Waals surface area (Å²) in [5.41, 5.74) is 1.80. The average Bonchev–Trinajstić information content (AvgIpc) is 2.72. The minimum absolute atomic E-state index is 0. The topological polar surface area (TPSA) is 41.3 Å². The van der Waals surface area contributed by atoms with Crippen LogP contribution in [0.25, 0.3) is 11.1 Å². The van der Waals surface area contributed by atoms with E-state index in [1.807, 2.05) is 24.3 Å². The van der Waals surface area contributed by atoms with Crippen LogP contribution in [0, 0.1) is 0 Å². The Morgan fingerprint density at radius 2 is 2.24 bits per heavy atom. The monoisotopic (exact) mass is 253 g/mol. The molecule has 1 aliphatic rings. The van der Waals surface area contributed by atoms with Gasteiger partial charge in [-0.15, -0.1) is 12.4 Å². The van der Waals surface area contributed by atoms with Gasteiger partial charge in [-0.1, -0.05) is 12.1 Å². The van der Waals surface area contributed by atoms with Gasteiger partial charge in [0.05, 0.1) is 0 Å². The number of halogens is 1. The first kappa shape index (κ1) is 12.2. The normalized spacial score (nSPS) is 20.3. The number of benzene rings is 1. The van der Waals surface area contributed by atoms with E-state index in [-0.39, 0.29) is 12.4 Å². The van der Waals surface area contributed by atoms with E-state index in [9.17, 15) is 0 Å². The SMILES string of the molecule is CC1CN(c2nc3ccccc3o2)CCN1.Cl. The highest BCUT2D eigenvalue weighted by Crippen LogP contribution is 2.22. The van der Waals surface area contributed by atoms with E-state index in [2.05, 4.69) is 22.1 Å². The van der Waals surface area contributed by atoms with Crippen molar-refractivity contribution in [3.63, 3.8) is 0 Å². The molecular weight excluding hydrogens is 238 g/mol. The number of rotatable bonds is 1. The highest BCUT2D eigenvalue weighted by Gasteiger charge is 2.19. The van der Waals surface area contributed by atoms with Gasteiger partial charge in [0.2, 0.25) is 0 Å². The maximum atomic E-state index is 5.74. The zero-order valence-corrected chi connectivity index (χ0v) is 10.5. The summed E-state index contributed by atoms with van der Waals surface area (Å²) in [6.07, 6.45) is 0. The summed E-state index contributed by atoms with van der Waals surface area (Å²) >= 11 is 0. The molecule has 1 atom stereocenters. The maximum Gasteiger partial charge on any atom is 0.298 e. The molecule has 1 aromatic heterocycles. The largest absolute Gasteiger partial charge is 0.423 e.